The summed E-state index contributed by atoms with van der Waals surface area (Å²) < 4.78 is 16.7. The molecule has 1 heterocycles. The molecule has 2 aromatic carbocycles. The minimum Gasteiger partial charge on any atom is -0.497 e. The Morgan fingerprint density at radius 2 is 1.77 bits per heavy atom. The van der Waals surface area contributed by atoms with Crippen molar-refractivity contribution in [2.45, 2.75) is 31.8 Å². The number of amides is 1. The van der Waals surface area contributed by atoms with Gasteiger partial charge in [-0.25, -0.2) is 4.98 Å². The Labute approximate surface area is 179 Å². The Morgan fingerprint density at radius 3 is 2.47 bits per heavy atom. The molecule has 0 spiro atoms. The van der Waals surface area contributed by atoms with E-state index in [-0.39, 0.29) is 5.91 Å². The first-order valence-corrected chi connectivity index (χ1v) is 10.8. The number of rotatable bonds is 7. The van der Waals surface area contributed by atoms with E-state index in [1.54, 1.807) is 26.4 Å². The standard InChI is InChI=1S/C23H24N2O4S/c1-27-18-11-12-21(28-2)19(13-18)20-14-30-23(24-20)25-22(26)15-7-9-17(10-8-15)29-16-5-3-4-6-16/h7-14,16H,3-6H2,1-2H3,(H,24,25,26). The first kappa shape index (κ1) is 20.2. The zero-order valence-electron chi connectivity index (χ0n) is 17.0. The van der Waals surface area contributed by atoms with Gasteiger partial charge in [-0.2, -0.15) is 0 Å². The van der Waals surface area contributed by atoms with Gasteiger partial charge in [-0.3, -0.25) is 10.1 Å². The van der Waals surface area contributed by atoms with Crippen molar-refractivity contribution in [3.05, 3.63) is 53.4 Å². The van der Waals surface area contributed by atoms with E-state index in [0.717, 1.165) is 24.2 Å². The molecule has 6 nitrogen and oxygen atoms in total. The Kier molecular flexibility index (Phi) is 6.18. The fourth-order valence-corrected chi connectivity index (χ4v) is 4.23. The zero-order valence-corrected chi connectivity index (χ0v) is 17.8. The van der Waals surface area contributed by atoms with Gasteiger partial charge in [0.2, 0.25) is 0 Å². The number of benzene rings is 2. The van der Waals surface area contributed by atoms with Gasteiger partial charge < -0.3 is 14.2 Å². The monoisotopic (exact) mass is 424 g/mol. The van der Waals surface area contributed by atoms with E-state index in [4.69, 9.17) is 14.2 Å². The summed E-state index contributed by atoms with van der Waals surface area (Å²) in [6.07, 6.45) is 4.96. The fraction of sp³-hybridized carbons (Fsp3) is 0.304. The third-order valence-corrected chi connectivity index (χ3v) is 5.89. The Hall–Kier alpha value is -3.06. The first-order valence-electron chi connectivity index (χ1n) is 9.92. The van der Waals surface area contributed by atoms with E-state index in [9.17, 15) is 4.79 Å². The first-order chi connectivity index (χ1) is 14.7. The molecule has 30 heavy (non-hydrogen) atoms. The molecular weight excluding hydrogens is 400 g/mol. The summed E-state index contributed by atoms with van der Waals surface area (Å²) in [7, 11) is 3.23. The number of nitrogens with zero attached hydrogens (tertiary/aromatic N) is 1. The van der Waals surface area contributed by atoms with Gasteiger partial charge in [0.05, 0.1) is 26.0 Å². The molecule has 0 atom stereocenters. The number of thiazole rings is 1. The average Bonchev–Trinajstić information content (AvgIpc) is 3.46. The smallest absolute Gasteiger partial charge is 0.257 e. The molecule has 1 aromatic heterocycles. The van der Waals surface area contributed by atoms with Gasteiger partial charge in [-0.15, -0.1) is 11.3 Å². The molecule has 1 aliphatic carbocycles. The second kappa shape index (κ2) is 9.17. The molecule has 1 N–H and O–H groups in total. The van der Waals surface area contributed by atoms with Crippen molar-refractivity contribution in [3.8, 4) is 28.5 Å². The van der Waals surface area contributed by atoms with Crippen molar-refractivity contribution in [3.63, 3.8) is 0 Å². The number of carbonyl (C=O) groups excluding carboxylic acids is 1. The summed E-state index contributed by atoms with van der Waals surface area (Å²) in [4.78, 5) is 17.2. The van der Waals surface area contributed by atoms with Crippen LogP contribution in [0.3, 0.4) is 0 Å². The fourth-order valence-electron chi connectivity index (χ4n) is 3.52. The van der Waals surface area contributed by atoms with Crippen molar-refractivity contribution in [1.82, 2.24) is 4.98 Å². The van der Waals surface area contributed by atoms with Crippen LogP contribution >= 0.6 is 11.3 Å². The van der Waals surface area contributed by atoms with E-state index >= 15 is 0 Å². The van der Waals surface area contributed by atoms with Crippen LogP contribution in [0.25, 0.3) is 11.3 Å². The molecule has 0 unspecified atom stereocenters. The van der Waals surface area contributed by atoms with Crippen LogP contribution < -0.4 is 19.5 Å². The summed E-state index contributed by atoms with van der Waals surface area (Å²) in [5.74, 6) is 2.00. The number of hydrogen-bond donors (Lipinski definition) is 1. The maximum Gasteiger partial charge on any atom is 0.257 e. The Bertz CT molecular complexity index is 1010. The molecule has 156 valence electrons. The highest BCUT2D eigenvalue weighted by atomic mass is 32.1. The number of methoxy groups -OCH3 is 2. The number of aromatic nitrogens is 1. The average molecular weight is 425 g/mol. The molecule has 7 heteroatoms. The SMILES string of the molecule is COc1ccc(OC)c(-c2csc(NC(=O)c3ccc(OC4CCCC4)cc3)n2)c1. The largest absolute Gasteiger partial charge is 0.497 e. The van der Waals surface area contributed by atoms with Crippen LogP contribution in [0.5, 0.6) is 17.2 Å². The molecule has 0 bridgehead atoms. The lowest BCUT2D eigenvalue weighted by molar-refractivity contribution is 0.102. The lowest BCUT2D eigenvalue weighted by Crippen LogP contribution is -2.13. The van der Waals surface area contributed by atoms with Crippen LogP contribution in [-0.2, 0) is 0 Å². The number of anilines is 1. The number of ether oxygens (including phenoxy) is 3. The number of carbonyl (C=O) groups is 1. The van der Waals surface area contributed by atoms with Crippen LogP contribution in [0, 0.1) is 0 Å². The second-order valence-corrected chi connectivity index (χ2v) is 7.97. The Morgan fingerprint density at radius 1 is 1.03 bits per heavy atom. The lowest BCUT2D eigenvalue weighted by Gasteiger charge is -2.13. The maximum absolute atomic E-state index is 12.6. The summed E-state index contributed by atoms with van der Waals surface area (Å²) in [6.45, 7) is 0. The van der Waals surface area contributed by atoms with Crippen molar-refractivity contribution < 1.29 is 19.0 Å². The molecule has 1 amide bonds. The topological polar surface area (TPSA) is 69.7 Å². The van der Waals surface area contributed by atoms with E-state index in [2.05, 4.69) is 10.3 Å². The normalized spacial score (nSPS) is 13.8. The van der Waals surface area contributed by atoms with E-state index in [0.29, 0.717) is 34.0 Å². The molecule has 0 radical (unpaired) electrons. The van der Waals surface area contributed by atoms with Gasteiger partial charge in [-0.1, -0.05) is 0 Å². The highest BCUT2D eigenvalue weighted by Gasteiger charge is 2.17. The van der Waals surface area contributed by atoms with Crippen molar-refractivity contribution >= 4 is 22.4 Å². The molecule has 1 aliphatic rings. The van der Waals surface area contributed by atoms with Crippen LogP contribution in [0.15, 0.2) is 47.8 Å². The number of nitrogens with one attached hydrogen (secondary N) is 1. The highest BCUT2D eigenvalue weighted by molar-refractivity contribution is 7.14. The molecule has 1 saturated carbocycles. The number of hydrogen-bond acceptors (Lipinski definition) is 6. The summed E-state index contributed by atoms with van der Waals surface area (Å²) in [5.41, 5.74) is 2.08. The van der Waals surface area contributed by atoms with Crippen LogP contribution in [0.4, 0.5) is 5.13 Å². The third-order valence-electron chi connectivity index (χ3n) is 5.13. The molecule has 0 aliphatic heterocycles. The molecule has 1 fully saturated rings. The predicted molar refractivity (Wildman–Crippen MR) is 118 cm³/mol. The summed E-state index contributed by atoms with van der Waals surface area (Å²) in [6, 6.07) is 12.8. The summed E-state index contributed by atoms with van der Waals surface area (Å²) >= 11 is 1.36. The van der Waals surface area contributed by atoms with Crippen molar-refractivity contribution in [2.75, 3.05) is 19.5 Å². The minimum absolute atomic E-state index is 0.207. The van der Waals surface area contributed by atoms with Crippen LogP contribution in [-0.4, -0.2) is 31.2 Å². The van der Waals surface area contributed by atoms with E-state index in [1.165, 1.54) is 24.2 Å². The van der Waals surface area contributed by atoms with Gasteiger partial charge in [0.1, 0.15) is 17.2 Å². The quantitative estimate of drug-likeness (QED) is 0.550. The van der Waals surface area contributed by atoms with Gasteiger partial charge in [0, 0.05) is 16.5 Å². The second-order valence-electron chi connectivity index (χ2n) is 7.11. The van der Waals surface area contributed by atoms with Crippen LogP contribution in [0.2, 0.25) is 0 Å². The van der Waals surface area contributed by atoms with Gasteiger partial charge in [0.25, 0.3) is 5.91 Å². The van der Waals surface area contributed by atoms with Gasteiger partial charge in [-0.05, 0) is 68.1 Å². The Balaban J connectivity index is 1.44. The third kappa shape index (κ3) is 4.57. The van der Waals surface area contributed by atoms with Gasteiger partial charge in [0.15, 0.2) is 5.13 Å². The van der Waals surface area contributed by atoms with Crippen molar-refractivity contribution in [2.24, 2.45) is 0 Å². The molecule has 4 rings (SSSR count). The molecular formula is C23H24N2O4S. The summed E-state index contributed by atoms with van der Waals surface area (Å²) in [5, 5.41) is 5.26. The van der Waals surface area contributed by atoms with Gasteiger partial charge >= 0.3 is 0 Å². The lowest BCUT2D eigenvalue weighted by atomic mass is 10.1. The van der Waals surface area contributed by atoms with E-state index < -0.39 is 0 Å². The predicted octanol–water partition coefficient (Wildman–Crippen LogP) is 5.40. The highest BCUT2D eigenvalue weighted by Crippen LogP contribution is 2.35. The molecule has 3 aromatic rings. The van der Waals surface area contributed by atoms with E-state index in [1.807, 2.05) is 35.7 Å². The van der Waals surface area contributed by atoms with Crippen LogP contribution in [0.1, 0.15) is 36.0 Å². The zero-order chi connectivity index (χ0) is 20.9. The maximum atomic E-state index is 12.6. The van der Waals surface area contributed by atoms with Crippen molar-refractivity contribution in [1.29, 1.82) is 0 Å². The molecule has 0 saturated heterocycles. The minimum atomic E-state index is -0.207.